The Morgan fingerprint density at radius 3 is 2.55 bits per heavy atom. The lowest BCUT2D eigenvalue weighted by molar-refractivity contribution is 0.0955. The number of hydrogen-bond acceptors (Lipinski definition) is 4. The fourth-order valence-corrected chi connectivity index (χ4v) is 3.54. The molecule has 3 rings (SSSR count). The molecule has 160 valence electrons. The molecule has 3 aromatic rings. The Labute approximate surface area is 199 Å². The van der Waals surface area contributed by atoms with E-state index in [2.05, 4.69) is 26.5 Å². The van der Waals surface area contributed by atoms with E-state index in [1.54, 1.807) is 31.4 Å². The van der Waals surface area contributed by atoms with Crippen LogP contribution in [0.3, 0.4) is 0 Å². The van der Waals surface area contributed by atoms with E-state index in [0.29, 0.717) is 43.8 Å². The molecule has 1 amide bonds. The van der Waals surface area contributed by atoms with Crippen LogP contribution in [-0.2, 0) is 6.61 Å². The van der Waals surface area contributed by atoms with Crippen molar-refractivity contribution in [1.29, 1.82) is 0 Å². The molecule has 0 fully saturated rings. The zero-order valence-electron chi connectivity index (χ0n) is 16.8. The van der Waals surface area contributed by atoms with Crippen molar-refractivity contribution in [2.45, 2.75) is 13.5 Å². The minimum Gasteiger partial charge on any atom is -0.493 e. The van der Waals surface area contributed by atoms with Crippen LogP contribution in [0.4, 0.5) is 0 Å². The van der Waals surface area contributed by atoms with Gasteiger partial charge in [0.1, 0.15) is 6.61 Å². The minimum absolute atomic E-state index is 0.355. The summed E-state index contributed by atoms with van der Waals surface area (Å²) in [5, 5.41) is 5.22. The van der Waals surface area contributed by atoms with Crippen molar-refractivity contribution < 1.29 is 14.3 Å². The second-order valence-electron chi connectivity index (χ2n) is 6.61. The number of nitrogens with one attached hydrogen (secondary N) is 1. The highest BCUT2D eigenvalue weighted by molar-refractivity contribution is 9.10. The Morgan fingerprint density at radius 1 is 1.13 bits per heavy atom. The number of carbonyl (C=O) groups excluding carboxylic acids is 1. The Morgan fingerprint density at radius 2 is 1.87 bits per heavy atom. The van der Waals surface area contributed by atoms with Gasteiger partial charge in [-0.3, -0.25) is 4.79 Å². The minimum atomic E-state index is -0.355. The van der Waals surface area contributed by atoms with E-state index >= 15 is 0 Å². The van der Waals surface area contributed by atoms with Gasteiger partial charge in [-0.2, -0.15) is 5.10 Å². The summed E-state index contributed by atoms with van der Waals surface area (Å²) in [7, 11) is 1.56. The van der Waals surface area contributed by atoms with Crippen molar-refractivity contribution in [3.8, 4) is 11.5 Å². The summed E-state index contributed by atoms with van der Waals surface area (Å²) in [5.41, 5.74) is 5.51. The standard InChI is InChI=1S/C23H19BrCl2N2O3/c1-14-3-6-17(11-20(14)26)23(29)28-27-12-16-9-19(24)22(21(10-16)30-2)31-13-15-4-7-18(25)8-5-15/h3-12H,13H2,1-2H3,(H,28,29)/b27-12-. The van der Waals surface area contributed by atoms with Crippen LogP contribution in [0.25, 0.3) is 0 Å². The number of benzene rings is 3. The van der Waals surface area contributed by atoms with Gasteiger partial charge in [-0.05, 0) is 75.9 Å². The molecule has 31 heavy (non-hydrogen) atoms. The summed E-state index contributed by atoms with van der Waals surface area (Å²) in [6.07, 6.45) is 1.52. The average Bonchev–Trinajstić information content (AvgIpc) is 2.75. The van der Waals surface area contributed by atoms with E-state index in [1.165, 1.54) is 6.21 Å². The highest BCUT2D eigenvalue weighted by Crippen LogP contribution is 2.37. The number of amides is 1. The third kappa shape index (κ3) is 6.23. The molecule has 0 unspecified atom stereocenters. The Bertz CT molecular complexity index is 1120. The molecule has 3 aromatic carbocycles. The van der Waals surface area contributed by atoms with Crippen LogP contribution in [0.2, 0.25) is 10.0 Å². The highest BCUT2D eigenvalue weighted by Gasteiger charge is 2.12. The molecule has 0 atom stereocenters. The van der Waals surface area contributed by atoms with Crippen LogP contribution in [0.1, 0.15) is 27.0 Å². The number of aryl methyl sites for hydroxylation is 1. The zero-order chi connectivity index (χ0) is 22.4. The predicted octanol–water partition coefficient (Wildman–Crippen LogP) is 6.42. The number of halogens is 3. The quantitative estimate of drug-likeness (QED) is 0.288. The Balaban J connectivity index is 1.69. The predicted molar refractivity (Wildman–Crippen MR) is 128 cm³/mol. The SMILES string of the molecule is COc1cc(/C=N\NC(=O)c2ccc(C)c(Cl)c2)cc(Br)c1OCc1ccc(Cl)cc1. The average molecular weight is 522 g/mol. The van der Waals surface area contributed by atoms with E-state index in [1.807, 2.05) is 37.3 Å². The van der Waals surface area contributed by atoms with Gasteiger partial charge in [-0.15, -0.1) is 0 Å². The summed E-state index contributed by atoms with van der Waals surface area (Å²) in [4.78, 5) is 12.2. The Kier molecular flexibility index (Phi) is 7.96. The normalized spacial score (nSPS) is 10.9. The van der Waals surface area contributed by atoms with Crippen LogP contribution < -0.4 is 14.9 Å². The Hall–Kier alpha value is -2.54. The molecular formula is C23H19BrCl2N2O3. The summed E-state index contributed by atoms with van der Waals surface area (Å²) in [6, 6.07) is 16.1. The van der Waals surface area contributed by atoms with Gasteiger partial charge in [0.2, 0.25) is 0 Å². The van der Waals surface area contributed by atoms with Crippen LogP contribution >= 0.6 is 39.1 Å². The first-order chi connectivity index (χ1) is 14.9. The summed E-state index contributed by atoms with van der Waals surface area (Å²) >= 11 is 15.5. The van der Waals surface area contributed by atoms with Gasteiger partial charge < -0.3 is 9.47 Å². The van der Waals surface area contributed by atoms with Crippen molar-refractivity contribution in [3.63, 3.8) is 0 Å². The summed E-state index contributed by atoms with van der Waals surface area (Å²) < 4.78 is 12.1. The third-order valence-corrected chi connectivity index (χ3v) is 5.61. The number of hydrazone groups is 1. The van der Waals surface area contributed by atoms with Gasteiger partial charge in [0, 0.05) is 15.6 Å². The fourth-order valence-electron chi connectivity index (χ4n) is 2.65. The maximum Gasteiger partial charge on any atom is 0.271 e. The van der Waals surface area contributed by atoms with Gasteiger partial charge >= 0.3 is 0 Å². The number of hydrogen-bond donors (Lipinski definition) is 1. The molecule has 0 bridgehead atoms. The van der Waals surface area contributed by atoms with Crippen LogP contribution in [0.15, 0.2) is 64.2 Å². The maximum absolute atomic E-state index is 12.2. The molecular weight excluding hydrogens is 503 g/mol. The molecule has 0 heterocycles. The van der Waals surface area contributed by atoms with E-state index < -0.39 is 0 Å². The molecule has 0 aromatic heterocycles. The molecule has 0 radical (unpaired) electrons. The molecule has 0 spiro atoms. The highest BCUT2D eigenvalue weighted by atomic mass is 79.9. The second-order valence-corrected chi connectivity index (χ2v) is 8.31. The number of ether oxygens (including phenoxy) is 2. The number of rotatable bonds is 7. The summed E-state index contributed by atoms with van der Waals surface area (Å²) in [6.45, 7) is 2.23. The van der Waals surface area contributed by atoms with E-state index in [9.17, 15) is 4.79 Å². The van der Waals surface area contributed by atoms with Gasteiger partial charge in [0.05, 0.1) is 17.8 Å². The monoisotopic (exact) mass is 520 g/mol. The van der Waals surface area contributed by atoms with Crippen molar-refractivity contribution >= 4 is 51.3 Å². The van der Waals surface area contributed by atoms with Gasteiger partial charge in [0.15, 0.2) is 11.5 Å². The first-order valence-electron chi connectivity index (χ1n) is 9.21. The van der Waals surface area contributed by atoms with Crippen molar-refractivity contribution in [1.82, 2.24) is 5.43 Å². The molecule has 0 aliphatic carbocycles. The molecule has 5 nitrogen and oxygen atoms in total. The van der Waals surface area contributed by atoms with Crippen molar-refractivity contribution in [3.05, 3.63) is 91.4 Å². The second kappa shape index (κ2) is 10.7. The smallest absolute Gasteiger partial charge is 0.271 e. The summed E-state index contributed by atoms with van der Waals surface area (Å²) in [5.74, 6) is 0.737. The first-order valence-corrected chi connectivity index (χ1v) is 10.8. The fraction of sp³-hybridized carbons (Fsp3) is 0.130. The first kappa shape index (κ1) is 23.1. The molecule has 1 N–H and O–H groups in total. The molecule has 8 heteroatoms. The lowest BCUT2D eigenvalue weighted by Gasteiger charge is -2.13. The van der Waals surface area contributed by atoms with E-state index in [-0.39, 0.29) is 5.91 Å². The zero-order valence-corrected chi connectivity index (χ0v) is 19.9. The van der Waals surface area contributed by atoms with Crippen LogP contribution in [0, 0.1) is 6.92 Å². The van der Waals surface area contributed by atoms with E-state index in [4.69, 9.17) is 32.7 Å². The molecule has 0 aliphatic rings. The lowest BCUT2D eigenvalue weighted by Crippen LogP contribution is -2.17. The third-order valence-electron chi connectivity index (χ3n) is 4.36. The van der Waals surface area contributed by atoms with Crippen LogP contribution in [-0.4, -0.2) is 19.2 Å². The lowest BCUT2D eigenvalue weighted by atomic mass is 10.1. The maximum atomic E-state index is 12.2. The topological polar surface area (TPSA) is 59.9 Å². The van der Waals surface area contributed by atoms with Gasteiger partial charge in [-0.1, -0.05) is 41.4 Å². The number of nitrogens with zero attached hydrogens (tertiary/aromatic N) is 1. The van der Waals surface area contributed by atoms with Crippen LogP contribution in [0.5, 0.6) is 11.5 Å². The van der Waals surface area contributed by atoms with Crippen molar-refractivity contribution in [2.24, 2.45) is 5.10 Å². The number of methoxy groups -OCH3 is 1. The molecule has 0 aliphatic heterocycles. The van der Waals surface area contributed by atoms with Gasteiger partial charge in [0.25, 0.3) is 5.91 Å². The van der Waals surface area contributed by atoms with Gasteiger partial charge in [-0.25, -0.2) is 5.43 Å². The largest absolute Gasteiger partial charge is 0.493 e. The van der Waals surface area contributed by atoms with E-state index in [0.717, 1.165) is 11.1 Å². The number of carbonyl (C=O) groups is 1. The molecule has 0 saturated carbocycles. The molecule has 0 saturated heterocycles. The van der Waals surface area contributed by atoms with Crippen molar-refractivity contribution in [2.75, 3.05) is 7.11 Å².